The number of hydrogen-bond acceptors (Lipinski definition) is 7. The van der Waals surface area contributed by atoms with E-state index in [4.69, 9.17) is 24.1 Å². The van der Waals surface area contributed by atoms with Crippen LogP contribution in [-0.2, 0) is 23.7 Å². The Hall–Kier alpha value is -0.730. The van der Waals surface area contributed by atoms with E-state index in [0.29, 0.717) is 0 Å². The summed E-state index contributed by atoms with van der Waals surface area (Å²) in [7, 11) is 0. The molecule has 2 aliphatic rings. The zero-order valence-corrected chi connectivity index (χ0v) is 12.1. The molecule has 2 fully saturated rings. The molecule has 0 saturated carbocycles. The van der Waals surface area contributed by atoms with E-state index in [9.17, 15) is 9.90 Å². The first-order chi connectivity index (χ1) is 9.25. The Morgan fingerprint density at radius 3 is 2.55 bits per heavy atom. The topological polar surface area (TPSA) is 94.5 Å². The van der Waals surface area contributed by atoms with Crippen molar-refractivity contribution in [2.75, 3.05) is 6.61 Å². The van der Waals surface area contributed by atoms with Crippen molar-refractivity contribution in [2.45, 2.75) is 64.2 Å². The van der Waals surface area contributed by atoms with Crippen LogP contribution in [0.3, 0.4) is 0 Å². The molecule has 2 aliphatic heterocycles. The quantitative estimate of drug-likeness (QED) is 0.691. The van der Waals surface area contributed by atoms with Gasteiger partial charge in [-0.25, -0.2) is 0 Å². The summed E-state index contributed by atoms with van der Waals surface area (Å²) in [5, 5.41) is 18.9. The van der Waals surface area contributed by atoms with Gasteiger partial charge >= 0.3 is 5.97 Å². The monoisotopic (exact) mass is 290 g/mol. The maximum Gasteiger partial charge on any atom is 0.308 e. The van der Waals surface area contributed by atoms with Gasteiger partial charge in [-0.1, -0.05) is 13.8 Å². The van der Waals surface area contributed by atoms with Gasteiger partial charge in [0.15, 0.2) is 24.3 Å². The van der Waals surface area contributed by atoms with Crippen LogP contribution in [0.2, 0.25) is 0 Å². The van der Waals surface area contributed by atoms with Gasteiger partial charge in [-0.15, -0.1) is 0 Å². The number of ether oxygens (including phenoxy) is 4. The molecule has 0 radical (unpaired) electrons. The van der Waals surface area contributed by atoms with E-state index in [0.717, 1.165) is 0 Å². The van der Waals surface area contributed by atoms with Crippen molar-refractivity contribution >= 4 is 5.97 Å². The Labute approximate surface area is 117 Å². The third-order valence-corrected chi connectivity index (χ3v) is 3.32. The minimum Gasteiger partial charge on any atom is -0.456 e. The van der Waals surface area contributed by atoms with Gasteiger partial charge in [0.2, 0.25) is 0 Å². The predicted molar refractivity (Wildman–Crippen MR) is 66.5 cm³/mol. The number of fused-ring (bicyclic) bond motifs is 1. The molecule has 2 saturated heterocycles. The number of rotatable bonds is 4. The van der Waals surface area contributed by atoms with Gasteiger partial charge in [-0.3, -0.25) is 4.79 Å². The molecule has 0 aromatic carbocycles. The van der Waals surface area contributed by atoms with Gasteiger partial charge in [0.1, 0.15) is 12.2 Å². The molecular formula is C13H22O7. The van der Waals surface area contributed by atoms with E-state index < -0.39 is 49.1 Å². The molecule has 5 atom stereocenters. The van der Waals surface area contributed by atoms with Crippen molar-refractivity contribution in [3.8, 4) is 0 Å². The predicted octanol–water partition coefficient (Wildman–Crippen LogP) is -0.216. The van der Waals surface area contributed by atoms with E-state index in [-0.39, 0.29) is 5.92 Å². The Kier molecular flexibility index (Phi) is 4.36. The Balaban J connectivity index is 2.14. The molecular weight excluding hydrogens is 268 g/mol. The number of hydrogen-bond donors (Lipinski definition) is 2. The second kappa shape index (κ2) is 5.57. The molecule has 0 aromatic heterocycles. The molecule has 0 aromatic rings. The average Bonchev–Trinajstić information content (AvgIpc) is 2.81. The molecule has 2 heterocycles. The lowest BCUT2D eigenvalue weighted by molar-refractivity contribution is -0.231. The summed E-state index contributed by atoms with van der Waals surface area (Å²) < 4.78 is 22.1. The fourth-order valence-electron chi connectivity index (χ4n) is 2.32. The first-order valence-corrected chi connectivity index (χ1v) is 6.75. The second-order valence-electron chi connectivity index (χ2n) is 5.88. The molecule has 0 spiro atoms. The number of esters is 1. The summed E-state index contributed by atoms with van der Waals surface area (Å²) in [6.07, 6.45) is -4.17. The Bertz CT molecular complexity index is 368. The van der Waals surface area contributed by atoms with Gasteiger partial charge in [0.05, 0.1) is 12.5 Å². The molecule has 0 bridgehead atoms. The van der Waals surface area contributed by atoms with Crippen LogP contribution >= 0.6 is 0 Å². The number of carbonyl (C=O) groups is 1. The molecule has 7 nitrogen and oxygen atoms in total. The Morgan fingerprint density at radius 2 is 2.00 bits per heavy atom. The maximum absolute atomic E-state index is 11.8. The zero-order valence-electron chi connectivity index (χ0n) is 12.1. The van der Waals surface area contributed by atoms with Crippen molar-refractivity contribution in [1.82, 2.24) is 0 Å². The molecule has 0 amide bonds. The first kappa shape index (κ1) is 15.7. The lowest BCUT2D eigenvalue weighted by Gasteiger charge is -2.28. The second-order valence-corrected chi connectivity index (χ2v) is 5.88. The lowest BCUT2D eigenvalue weighted by Crippen LogP contribution is -2.45. The van der Waals surface area contributed by atoms with Crippen molar-refractivity contribution in [1.29, 1.82) is 0 Å². The van der Waals surface area contributed by atoms with Crippen LogP contribution in [-0.4, -0.2) is 59.3 Å². The van der Waals surface area contributed by atoms with Crippen molar-refractivity contribution in [2.24, 2.45) is 5.92 Å². The summed E-state index contributed by atoms with van der Waals surface area (Å²) >= 11 is 0. The van der Waals surface area contributed by atoms with E-state index in [1.165, 1.54) is 0 Å². The van der Waals surface area contributed by atoms with Gasteiger partial charge in [-0.2, -0.15) is 0 Å². The fourth-order valence-corrected chi connectivity index (χ4v) is 2.32. The van der Waals surface area contributed by atoms with Crippen molar-refractivity contribution in [3.05, 3.63) is 0 Å². The molecule has 0 unspecified atom stereocenters. The number of aliphatic hydroxyl groups excluding tert-OH is 2. The van der Waals surface area contributed by atoms with Crippen LogP contribution in [0.15, 0.2) is 0 Å². The van der Waals surface area contributed by atoms with Crippen LogP contribution < -0.4 is 0 Å². The normalized spacial score (nSPS) is 37.0. The largest absolute Gasteiger partial charge is 0.456 e. The van der Waals surface area contributed by atoms with Gasteiger partial charge in [0.25, 0.3) is 0 Å². The van der Waals surface area contributed by atoms with Gasteiger partial charge < -0.3 is 29.2 Å². The summed E-state index contributed by atoms with van der Waals surface area (Å²) in [5.41, 5.74) is 0. The molecule has 2 N–H and O–H groups in total. The van der Waals surface area contributed by atoms with Crippen molar-refractivity contribution in [3.63, 3.8) is 0 Å². The van der Waals surface area contributed by atoms with E-state index in [1.54, 1.807) is 27.7 Å². The lowest BCUT2D eigenvalue weighted by atomic mass is 10.1. The van der Waals surface area contributed by atoms with Crippen LogP contribution in [0, 0.1) is 5.92 Å². The highest BCUT2D eigenvalue weighted by Gasteiger charge is 2.58. The number of aliphatic hydroxyl groups is 2. The smallest absolute Gasteiger partial charge is 0.308 e. The number of carbonyl (C=O) groups excluding carboxylic acids is 1. The van der Waals surface area contributed by atoms with Crippen LogP contribution in [0.25, 0.3) is 0 Å². The summed E-state index contributed by atoms with van der Waals surface area (Å²) in [6.45, 7) is 6.39. The van der Waals surface area contributed by atoms with Crippen molar-refractivity contribution < 1.29 is 34.0 Å². The summed E-state index contributed by atoms with van der Waals surface area (Å²) in [4.78, 5) is 11.8. The fraction of sp³-hybridized carbons (Fsp3) is 0.923. The van der Waals surface area contributed by atoms with Crippen LogP contribution in [0.1, 0.15) is 27.7 Å². The van der Waals surface area contributed by atoms with Crippen LogP contribution in [0.5, 0.6) is 0 Å². The van der Waals surface area contributed by atoms with Gasteiger partial charge in [0, 0.05) is 0 Å². The summed E-state index contributed by atoms with van der Waals surface area (Å²) in [6, 6.07) is 0. The third kappa shape index (κ3) is 2.96. The maximum atomic E-state index is 11.8. The first-order valence-electron chi connectivity index (χ1n) is 6.75. The van der Waals surface area contributed by atoms with E-state index in [2.05, 4.69) is 0 Å². The highest BCUT2D eigenvalue weighted by molar-refractivity contribution is 5.71. The highest BCUT2D eigenvalue weighted by atomic mass is 16.8. The molecule has 7 heteroatoms. The molecule has 116 valence electrons. The SMILES string of the molecule is CC(C)C(=O)O[C@@H]1[C@H]2OC(C)(C)O[C@H]2O[C@@H]1[C@H](O)CO. The third-order valence-electron chi connectivity index (χ3n) is 3.32. The van der Waals surface area contributed by atoms with Gasteiger partial charge in [-0.05, 0) is 13.8 Å². The highest BCUT2D eigenvalue weighted by Crippen LogP contribution is 2.39. The molecule has 20 heavy (non-hydrogen) atoms. The molecule has 0 aliphatic carbocycles. The zero-order chi connectivity index (χ0) is 15.1. The molecule has 2 rings (SSSR count). The minimum atomic E-state index is -1.17. The standard InChI is InChI=1S/C13H22O7/c1-6(2)11(16)17-9-8(7(15)5-14)18-12-10(9)19-13(3,4)20-12/h6-10,12,14-15H,5H2,1-4H3/t7-,8-,9+,10-,12-/m1/s1. The Morgan fingerprint density at radius 1 is 1.35 bits per heavy atom. The van der Waals surface area contributed by atoms with E-state index >= 15 is 0 Å². The summed E-state index contributed by atoms with van der Waals surface area (Å²) in [5.74, 6) is -1.56. The van der Waals surface area contributed by atoms with Crippen LogP contribution in [0.4, 0.5) is 0 Å². The van der Waals surface area contributed by atoms with E-state index in [1.807, 2.05) is 0 Å². The average molecular weight is 290 g/mol. The minimum absolute atomic E-state index is 0.309.